The zero-order valence-corrected chi connectivity index (χ0v) is 25.9. The van der Waals surface area contributed by atoms with Crippen molar-refractivity contribution in [2.45, 2.75) is 31.6 Å². The van der Waals surface area contributed by atoms with Gasteiger partial charge in [-0.1, -0.05) is 36.4 Å². The highest BCUT2D eigenvalue weighted by atomic mass is 32.3. The molecule has 3 aromatic rings. The van der Waals surface area contributed by atoms with Crippen molar-refractivity contribution >= 4 is 55.0 Å². The molecule has 1 aromatic heterocycles. The van der Waals surface area contributed by atoms with Gasteiger partial charge in [0.2, 0.25) is 10.0 Å². The summed E-state index contributed by atoms with van der Waals surface area (Å²) in [5.41, 5.74) is 3.23. The van der Waals surface area contributed by atoms with Crippen LogP contribution < -0.4 is 9.62 Å². The normalized spacial score (nSPS) is 18.9. The monoisotopic (exact) mass is 629 g/mol. The van der Waals surface area contributed by atoms with Gasteiger partial charge in [0, 0.05) is 56.7 Å². The van der Waals surface area contributed by atoms with E-state index in [1.807, 2.05) is 30.3 Å². The molecule has 1 fully saturated rings. The number of rotatable bonds is 8. The second kappa shape index (κ2) is 12.3. The summed E-state index contributed by atoms with van der Waals surface area (Å²) in [6, 6.07) is 12.6. The Hall–Kier alpha value is -3.42. The van der Waals surface area contributed by atoms with Gasteiger partial charge >= 0.3 is 0 Å². The number of nitrogens with one attached hydrogen (secondary N) is 1. The topological polar surface area (TPSA) is 123 Å². The molecule has 2 aromatic carbocycles. The number of furan rings is 1. The third kappa shape index (κ3) is 6.58. The molecule has 5 rings (SSSR count). The maximum absolute atomic E-state index is 13.8. The van der Waals surface area contributed by atoms with Crippen molar-refractivity contribution in [1.29, 1.82) is 0 Å². The molecule has 12 heteroatoms. The quantitative estimate of drug-likeness (QED) is 0.252. The molecule has 1 saturated heterocycles. The van der Waals surface area contributed by atoms with Crippen molar-refractivity contribution in [3.05, 3.63) is 88.3 Å². The standard InChI is InChI=1S/C31H36FN3O6S2/c1-33-31(36)29-26-18-25(23-10-7-16-35(20-23)43(39,40)17-15-21-8-5-4-6-9-21)27(34(2)42(3,37)38)19-28(26)41-30(29)22-11-13-24(32)14-12-22/h4-6,8-9,11,13,15,17-19,23,37-38H,7,10,12,14,16,20H2,1-3H3,(H,33,36)/b17-15+/t23-/m0/s1. The Kier molecular flexibility index (Phi) is 8.87. The SMILES string of the molecule is CNC(=O)c1c(C2=CC=C(F)CC2)oc2cc(N(C)S(C)(O)O)c([C@H]3CCCN(S(=O)(=O)/C=C/c4ccccc4)C3)cc12. The fourth-order valence-corrected chi connectivity index (χ4v) is 7.36. The van der Waals surface area contributed by atoms with E-state index in [0.29, 0.717) is 64.9 Å². The van der Waals surface area contributed by atoms with Crippen molar-refractivity contribution in [3.63, 3.8) is 0 Å². The maximum atomic E-state index is 13.8. The zero-order chi connectivity index (χ0) is 30.9. The van der Waals surface area contributed by atoms with Crippen molar-refractivity contribution in [2.24, 2.45) is 0 Å². The highest BCUT2D eigenvalue weighted by molar-refractivity contribution is 8.24. The number of anilines is 1. The molecule has 2 heterocycles. The second-order valence-electron chi connectivity index (χ2n) is 10.8. The summed E-state index contributed by atoms with van der Waals surface area (Å²) in [6.07, 6.45) is 7.64. The van der Waals surface area contributed by atoms with Crippen LogP contribution >= 0.6 is 10.8 Å². The minimum atomic E-state index is -3.75. The Balaban J connectivity index is 1.61. The van der Waals surface area contributed by atoms with E-state index in [4.69, 9.17) is 4.42 Å². The van der Waals surface area contributed by atoms with Crippen molar-refractivity contribution in [1.82, 2.24) is 9.62 Å². The lowest BCUT2D eigenvalue weighted by Crippen LogP contribution is -2.38. The lowest BCUT2D eigenvalue weighted by Gasteiger charge is -2.41. The first-order chi connectivity index (χ1) is 20.4. The fourth-order valence-electron chi connectivity index (χ4n) is 5.55. The lowest BCUT2D eigenvalue weighted by molar-refractivity contribution is 0.0963. The van der Waals surface area contributed by atoms with Crippen molar-refractivity contribution < 1.29 is 31.1 Å². The summed E-state index contributed by atoms with van der Waals surface area (Å²) in [7, 11) is -3.88. The van der Waals surface area contributed by atoms with E-state index in [1.54, 1.807) is 31.3 Å². The number of nitrogens with zero attached hydrogens (tertiary/aromatic N) is 2. The van der Waals surface area contributed by atoms with Crippen LogP contribution in [0.4, 0.5) is 10.1 Å². The Bertz CT molecular complexity index is 1730. The Morgan fingerprint density at radius 2 is 1.91 bits per heavy atom. The summed E-state index contributed by atoms with van der Waals surface area (Å²) < 4.78 is 70.7. The summed E-state index contributed by atoms with van der Waals surface area (Å²) in [6.45, 7) is 0.526. The molecule has 2 aliphatic rings. The fraction of sp³-hybridized carbons (Fsp3) is 0.323. The molecular formula is C31H36FN3O6S2. The second-order valence-corrected chi connectivity index (χ2v) is 14.8. The van der Waals surface area contributed by atoms with Crippen LogP contribution in [0.25, 0.3) is 22.6 Å². The van der Waals surface area contributed by atoms with Gasteiger partial charge < -0.3 is 9.73 Å². The Morgan fingerprint density at radius 1 is 1.16 bits per heavy atom. The molecule has 43 heavy (non-hydrogen) atoms. The van der Waals surface area contributed by atoms with E-state index in [2.05, 4.69) is 5.32 Å². The average molecular weight is 630 g/mol. The molecule has 1 aliphatic heterocycles. The van der Waals surface area contributed by atoms with Crippen LogP contribution in [0, 0.1) is 0 Å². The summed E-state index contributed by atoms with van der Waals surface area (Å²) in [5.74, 6) is -0.614. The van der Waals surface area contributed by atoms with Crippen molar-refractivity contribution in [3.8, 4) is 0 Å². The average Bonchev–Trinajstić information content (AvgIpc) is 3.37. The van der Waals surface area contributed by atoms with Crippen LogP contribution in [0.3, 0.4) is 0 Å². The van der Waals surface area contributed by atoms with E-state index in [9.17, 15) is 26.7 Å². The van der Waals surface area contributed by atoms with Crippen LogP contribution in [0.15, 0.2) is 70.3 Å². The van der Waals surface area contributed by atoms with Gasteiger partial charge in [-0.05, 0) is 60.1 Å². The molecule has 0 spiro atoms. The lowest BCUT2D eigenvalue weighted by atomic mass is 9.88. The largest absolute Gasteiger partial charge is 0.455 e. The van der Waals surface area contributed by atoms with E-state index < -0.39 is 20.8 Å². The van der Waals surface area contributed by atoms with Crippen LogP contribution in [-0.2, 0) is 10.0 Å². The maximum Gasteiger partial charge on any atom is 0.255 e. The Labute approximate surface area is 252 Å². The van der Waals surface area contributed by atoms with Gasteiger partial charge in [-0.25, -0.2) is 12.8 Å². The third-order valence-electron chi connectivity index (χ3n) is 7.96. The van der Waals surface area contributed by atoms with E-state index in [-0.39, 0.29) is 30.6 Å². The number of hydrogen-bond acceptors (Lipinski definition) is 7. The molecule has 0 unspecified atom stereocenters. The highest BCUT2D eigenvalue weighted by Gasteiger charge is 2.33. The number of piperidine rings is 1. The number of sulfonamides is 1. The van der Waals surface area contributed by atoms with Gasteiger partial charge in [-0.3, -0.25) is 18.2 Å². The van der Waals surface area contributed by atoms with Crippen LogP contribution in [-0.4, -0.2) is 61.2 Å². The van der Waals surface area contributed by atoms with Gasteiger partial charge in [0.05, 0.1) is 11.3 Å². The summed E-state index contributed by atoms with van der Waals surface area (Å²) in [5, 5.41) is 4.39. The molecular weight excluding hydrogens is 593 g/mol. The molecule has 1 aliphatic carbocycles. The number of fused-ring (bicyclic) bond motifs is 1. The van der Waals surface area contributed by atoms with Crippen molar-refractivity contribution in [2.75, 3.05) is 37.7 Å². The first-order valence-corrected chi connectivity index (χ1v) is 17.4. The third-order valence-corrected chi connectivity index (χ3v) is 10.7. The van der Waals surface area contributed by atoms with Crippen LogP contribution in [0.2, 0.25) is 0 Å². The number of carbonyl (C=O) groups is 1. The number of carbonyl (C=O) groups excluding carboxylic acids is 1. The van der Waals surface area contributed by atoms with Crippen LogP contribution in [0.1, 0.15) is 58.8 Å². The number of allylic oxidation sites excluding steroid dienone is 4. The van der Waals surface area contributed by atoms with E-state index >= 15 is 0 Å². The molecule has 1 amide bonds. The zero-order valence-electron chi connectivity index (χ0n) is 24.3. The number of halogens is 1. The minimum absolute atomic E-state index is 0.173. The van der Waals surface area contributed by atoms with Gasteiger partial charge in [-0.2, -0.15) is 4.31 Å². The summed E-state index contributed by atoms with van der Waals surface area (Å²) >= 11 is 0. The summed E-state index contributed by atoms with van der Waals surface area (Å²) in [4.78, 5) is 13.2. The molecule has 9 nitrogen and oxygen atoms in total. The molecule has 230 valence electrons. The molecule has 0 bridgehead atoms. The minimum Gasteiger partial charge on any atom is -0.455 e. The smallest absolute Gasteiger partial charge is 0.255 e. The molecule has 0 saturated carbocycles. The highest BCUT2D eigenvalue weighted by Crippen LogP contribution is 2.48. The Morgan fingerprint density at radius 3 is 2.56 bits per heavy atom. The number of benzene rings is 2. The van der Waals surface area contributed by atoms with Gasteiger partial charge in [-0.15, -0.1) is 10.8 Å². The van der Waals surface area contributed by atoms with Gasteiger partial charge in [0.15, 0.2) is 0 Å². The van der Waals surface area contributed by atoms with Gasteiger partial charge in [0.1, 0.15) is 17.2 Å². The molecule has 0 radical (unpaired) electrons. The molecule has 3 N–H and O–H groups in total. The van der Waals surface area contributed by atoms with Crippen LogP contribution in [0.5, 0.6) is 0 Å². The van der Waals surface area contributed by atoms with Gasteiger partial charge in [0.25, 0.3) is 5.91 Å². The number of hydrogen-bond donors (Lipinski definition) is 3. The first-order valence-electron chi connectivity index (χ1n) is 14.0. The van der Waals surface area contributed by atoms with E-state index in [1.165, 1.54) is 33.4 Å². The molecule has 1 atom stereocenters. The number of amides is 1. The predicted octanol–water partition coefficient (Wildman–Crippen LogP) is 6.73. The first kappa shape index (κ1) is 31.0. The van der Waals surface area contributed by atoms with E-state index in [0.717, 1.165) is 5.56 Å². The predicted molar refractivity (Wildman–Crippen MR) is 171 cm³/mol.